The Balaban J connectivity index is 1.43. The van der Waals surface area contributed by atoms with Crippen LogP contribution in [0.4, 0.5) is 4.39 Å². The van der Waals surface area contributed by atoms with E-state index in [9.17, 15) is 9.18 Å². The fraction of sp³-hybridized carbons (Fsp3) is 0.250. The molecule has 0 aliphatic carbocycles. The number of rotatable bonds is 5. The molecule has 4 rings (SSSR count). The van der Waals surface area contributed by atoms with Crippen LogP contribution in [-0.2, 0) is 4.79 Å². The van der Waals surface area contributed by atoms with Gasteiger partial charge >= 0.3 is 0 Å². The summed E-state index contributed by atoms with van der Waals surface area (Å²) in [5, 5.41) is 4.57. The second-order valence-corrected chi connectivity index (χ2v) is 6.89. The lowest BCUT2D eigenvalue weighted by atomic mass is 10.2. The summed E-state index contributed by atoms with van der Waals surface area (Å²) < 4.78 is 24.0. The fourth-order valence-electron chi connectivity index (χ4n) is 3.17. The van der Waals surface area contributed by atoms with Crippen molar-refractivity contribution < 1.29 is 18.4 Å². The normalized spacial score (nSPS) is 16.4. The van der Waals surface area contributed by atoms with E-state index in [2.05, 4.69) is 10.1 Å². The lowest BCUT2D eigenvalue weighted by Crippen LogP contribution is -2.34. The van der Waals surface area contributed by atoms with Gasteiger partial charge in [-0.3, -0.25) is 4.79 Å². The van der Waals surface area contributed by atoms with Crippen LogP contribution in [0, 0.1) is 5.82 Å². The Hall–Kier alpha value is -2.93. The second kappa shape index (κ2) is 7.98. The summed E-state index contributed by atoms with van der Waals surface area (Å²) in [6.07, 6.45) is 1.57. The van der Waals surface area contributed by atoms with E-state index < -0.39 is 0 Å². The minimum atomic E-state index is -0.333. The molecule has 1 aliphatic heterocycles. The smallest absolute Gasteiger partial charge is 0.261 e. The quantitative estimate of drug-likeness (QED) is 0.638. The number of amides is 1. The summed E-state index contributed by atoms with van der Waals surface area (Å²) in [5.41, 5.74) is 0.651. The monoisotopic (exact) mass is 401 g/mol. The summed E-state index contributed by atoms with van der Waals surface area (Å²) in [7, 11) is 0. The Labute approximate surface area is 165 Å². The number of nitrogens with zero attached hydrogens (tertiary/aromatic N) is 3. The van der Waals surface area contributed by atoms with Gasteiger partial charge in [0.25, 0.3) is 5.91 Å². The van der Waals surface area contributed by atoms with Crippen molar-refractivity contribution in [1.82, 2.24) is 15.0 Å². The first-order valence-corrected chi connectivity index (χ1v) is 9.25. The van der Waals surface area contributed by atoms with Gasteiger partial charge in [0.15, 0.2) is 6.61 Å². The highest BCUT2D eigenvalue weighted by atomic mass is 35.5. The van der Waals surface area contributed by atoms with E-state index in [0.717, 1.165) is 12.8 Å². The molecule has 144 valence electrons. The van der Waals surface area contributed by atoms with Crippen molar-refractivity contribution in [3.05, 3.63) is 65.3 Å². The molecule has 0 radical (unpaired) electrons. The maximum atomic E-state index is 13.1. The highest BCUT2D eigenvalue weighted by Crippen LogP contribution is 2.32. The van der Waals surface area contributed by atoms with Gasteiger partial charge in [0, 0.05) is 17.1 Å². The standard InChI is InChI=1S/C20H17ClFN3O3/c21-14-5-9-16(10-6-14)27-12-18(26)25-11-1-2-17(25)20-23-19(24-28-20)13-3-7-15(22)8-4-13/h3-10,17H,1-2,11-12H2/t17-/m1/s1. The maximum absolute atomic E-state index is 13.1. The van der Waals surface area contributed by atoms with Crippen LogP contribution in [0.2, 0.25) is 5.02 Å². The van der Waals surface area contributed by atoms with Gasteiger partial charge in [-0.15, -0.1) is 0 Å². The van der Waals surface area contributed by atoms with Gasteiger partial charge in [0.1, 0.15) is 17.6 Å². The molecule has 28 heavy (non-hydrogen) atoms. The third-order valence-electron chi connectivity index (χ3n) is 4.58. The number of benzene rings is 2. The topological polar surface area (TPSA) is 68.5 Å². The van der Waals surface area contributed by atoms with Crippen molar-refractivity contribution >= 4 is 17.5 Å². The Morgan fingerprint density at radius 1 is 1.21 bits per heavy atom. The largest absolute Gasteiger partial charge is 0.484 e. The zero-order valence-corrected chi connectivity index (χ0v) is 15.6. The van der Waals surface area contributed by atoms with Crippen molar-refractivity contribution in [3.8, 4) is 17.1 Å². The van der Waals surface area contributed by atoms with Crippen LogP contribution in [0.25, 0.3) is 11.4 Å². The predicted molar refractivity (Wildman–Crippen MR) is 100 cm³/mol. The van der Waals surface area contributed by atoms with Crippen LogP contribution < -0.4 is 4.74 Å². The zero-order valence-electron chi connectivity index (χ0n) is 14.8. The molecular formula is C20H17ClFN3O3. The molecule has 1 aliphatic rings. The number of likely N-dealkylation sites (tertiary alicyclic amines) is 1. The van der Waals surface area contributed by atoms with E-state index >= 15 is 0 Å². The van der Waals surface area contributed by atoms with Crippen LogP contribution >= 0.6 is 11.6 Å². The van der Waals surface area contributed by atoms with Crippen LogP contribution in [-0.4, -0.2) is 34.1 Å². The number of halogens is 2. The molecule has 1 saturated heterocycles. The molecule has 1 fully saturated rings. The summed E-state index contributed by atoms with van der Waals surface area (Å²) in [6.45, 7) is 0.513. The number of carbonyl (C=O) groups excluding carboxylic acids is 1. The number of hydrogen-bond donors (Lipinski definition) is 0. The van der Waals surface area contributed by atoms with Crippen molar-refractivity contribution in [3.63, 3.8) is 0 Å². The number of carbonyl (C=O) groups is 1. The first kappa shape index (κ1) is 18.4. The first-order valence-electron chi connectivity index (χ1n) is 8.87. The molecule has 2 heterocycles. The Morgan fingerprint density at radius 3 is 2.71 bits per heavy atom. The van der Waals surface area contributed by atoms with E-state index in [4.69, 9.17) is 20.9 Å². The molecule has 2 aromatic carbocycles. The Morgan fingerprint density at radius 2 is 1.96 bits per heavy atom. The SMILES string of the molecule is O=C(COc1ccc(Cl)cc1)N1CCC[C@@H]1c1nc(-c2ccc(F)cc2)no1. The summed E-state index contributed by atoms with van der Waals surface area (Å²) in [5.74, 6) is 0.827. The molecule has 0 spiro atoms. The van der Waals surface area contributed by atoms with Crippen molar-refractivity contribution in [2.24, 2.45) is 0 Å². The molecule has 8 heteroatoms. The van der Waals surface area contributed by atoms with Gasteiger partial charge in [0.2, 0.25) is 11.7 Å². The average molecular weight is 402 g/mol. The van der Waals surface area contributed by atoms with E-state index in [1.807, 2.05) is 0 Å². The number of ether oxygens (including phenoxy) is 1. The lowest BCUT2D eigenvalue weighted by Gasteiger charge is -2.21. The molecule has 0 N–H and O–H groups in total. The zero-order chi connectivity index (χ0) is 19.5. The van der Waals surface area contributed by atoms with Gasteiger partial charge in [0.05, 0.1) is 0 Å². The molecule has 0 bridgehead atoms. The van der Waals surface area contributed by atoms with Gasteiger partial charge in [-0.25, -0.2) is 4.39 Å². The molecule has 0 unspecified atom stereocenters. The lowest BCUT2D eigenvalue weighted by molar-refractivity contribution is -0.134. The molecule has 3 aromatic rings. The van der Waals surface area contributed by atoms with E-state index in [0.29, 0.717) is 34.6 Å². The molecule has 1 atom stereocenters. The highest BCUT2D eigenvalue weighted by Gasteiger charge is 2.34. The third kappa shape index (κ3) is 3.99. The summed E-state index contributed by atoms with van der Waals surface area (Å²) in [4.78, 5) is 18.7. The van der Waals surface area contributed by atoms with Crippen molar-refractivity contribution in [2.45, 2.75) is 18.9 Å². The molecule has 6 nitrogen and oxygen atoms in total. The van der Waals surface area contributed by atoms with E-state index in [1.165, 1.54) is 12.1 Å². The molecule has 1 amide bonds. The minimum absolute atomic E-state index is 0.0862. The van der Waals surface area contributed by atoms with Gasteiger partial charge in [-0.2, -0.15) is 4.98 Å². The number of aromatic nitrogens is 2. The van der Waals surface area contributed by atoms with Crippen molar-refractivity contribution in [2.75, 3.05) is 13.2 Å². The van der Waals surface area contributed by atoms with Crippen LogP contribution in [0.5, 0.6) is 5.75 Å². The predicted octanol–water partition coefficient (Wildman–Crippen LogP) is 4.27. The molecule has 1 aromatic heterocycles. The Bertz CT molecular complexity index is 960. The first-order chi connectivity index (χ1) is 13.6. The summed E-state index contributed by atoms with van der Waals surface area (Å²) >= 11 is 5.85. The third-order valence-corrected chi connectivity index (χ3v) is 4.83. The van der Waals surface area contributed by atoms with E-state index in [-0.39, 0.29) is 24.4 Å². The number of hydrogen-bond acceptors (Lipinski definition) is 5. The van der Waals surface area contributed by atoms with Crippen LogP contribution in [0.1, 0.15) is 24.8 Å². The molecule has 0 saturated carbocycles. The molecular weight excluding hydrogens is 385 g/mol. The minimum Gasteiger partial charge on any atom is -0.484 e. The fourth-order valence-corrected chi connectivity index (χ4v) is 3.29. The van der Waals surface area contributed by atoms with Crippen LogP contribution in [0.15, 0.2) is 53.1 Å². The van der Waals surface area contributed by atoms with Crippen molar-refractivity contribution in [1.29, 1.82) is 0 Å². The average Bonchev–Trinajstić information content (AvgIpc) is 3.37. The van der Waals surface area contributed by atoms with Crippen LogP contribution in [0.3, 0.4) is 0 Å². The Kier molecular flexibility index (Phi) is 5.25. The summed E-state index contributed by atoms with van der Waals surface area (Å²) in [6, 6.07) is 12.4. The highest BCUT2D eigenvalue weighted by molar-refractivity contribution is 6.30. The van der Waals surface area contributed by atoms with Gasteiger partial charge < -0.3 is 14.2 Å². The van der Waals surface area contributed by atoms with E-state index in [1.54, 1.807) is 41.3 Å². The van der Waals surface area contributed by atoms with Gasteiger partial charge in [-0.1, -0.05) is 16.8 Å². The second-order valence-electron chi connectivity index (χ2n) is 6.45. The van der Waals surface area contributed by atoms with Gasteiger partial charge in [-0.05, 0) is 61.4 Å². The maximum Gasteiger partial charge on any atom is 0.261 e.